The Balaban J connectivity index is 1.62. The Hall–Kier alpha value is -3.10. The number of hydrogen-bond acceptors (Lipinski definition) is 4. The molecular weight excluding hydrogens is 456 g/mol. The number of rotatable bonds is 8. The van der Waals surface area contributed by atoms with Crippen LogP contribution in [0.3, 0.4) is 0 Å². The summed E-state index contributed by atoms with van der Waals surface area (Å²) in [5.41, 5.74) is 2.17. The fraction of sp³-hybridized carbons (Fsp3) is 0.400. The van der Waals surface area contributed by atoms with Gasteiger partial charge < -0.3 is 25.6 Å². The number of carbonyl (C=O) groups is 3. The molecule has 0 radical (unpaired) electrons. The number of likely N-dealkylation sites (tertiary alicyclic amines) is 1. The van der Waals surface area contributed by atoms with Crippen LogP contribution in [-0.2, 0) is 9.53 Å². The number of piperidine rings is 1. The third-order valence-electron chi connectivity index (χ3n) is 5.86. The van der Waals surface area contributed by atoms with Crippen LogP contribution in [0.25, 0.3) is 0 Å². The van der Waals surface area contributed by atoms with Crippen molar-refractivity contribution in [3.63, 3.8) is 0 Å². The van der Waals surface area contributed by atoms with Gasteiger partial charge in [-0.1, -0.05) is 35.4 Å². The number of halogens is 1. The molecular formula is C25H31ClN4O4. The van der Waals surface area contributed by atoms with Gasteiger partial charge in [0.15, 0.2) is 0 Å². The predicted octanol–water partition coefficient (Wildman–Crippen LogP) is 3.45. The molecule has 0 spiro atoms. The van der Waals surface area contributed by atoms with Crippen LogP contribution in [0.1, 0.15) is 28.8 Å². The maximum atomic E-state index is 12.9. The van der Waals surface area contributed by atoms with Crippen molar-refractivity contribution in [1.82, 2.24) is 15.5 Å². The molecule has 0 aromatic heterocycles. The minimum absolute atomic E-state index is 0.104. The smallest absolute Gasteiger partial charge is 0.321 e. The van der Waals surface area contributed by atoms with Crippen LogP contribution in [0.4, 0.5) is 10.5 Å². The summed E-state index contributed by atoms with van der Waals surface area (Å²) in [6, 6.07) is 13.3. The molecule has 0 bridgehead atoms. The number of carbonyl (C=O) groups excluding carboxylic acids is 3. The van der Waals surface area contributed by atoms with Crippen molar-refractivity contribution in [2.75, 3.05) is 38.7 Å². The summed E-state index contributed by atoms with van der Waals surface area (Å²) >= 11 is 5.99. The first-order chi connectivity index (χ1) is 16.4. The second-order valence-corrected chi connectivity index (χ2v) is 8.80. The molecule has 0 unspecified atom stereocenters. The van der Waals surface area contributed by atoms with E-state index in [2.05, 4.69) is 16.0 Å². The number of hydrogen-bond donors (Lipinski definition) is 3. The van der Waals surface area contributed by atoms with E-state index in [4.69, 9.17) is 16.3 Å². The van der Waals surface area contributed by atoms with E-state index >= 15 is 0 Å². The van der Waals surface area contributed by atoms with E-state index in [1.165, 1.54) is 0 Å². The lowest BCUT2D eigenvalue weighted by molar-refractivity contribution is -0.124. The first-order valence-corrected chi connectivity index (χ1v) is 11.7. The van der Waals surface area contributed by atoms with Crippen LogP contribution in [0.15, 0.2) is 48.5 Å². The first-order valence-electron chi connectivity index (χ1n) is 11.3. The van der Waals surface area contributed by atoms with Gasteiger partial charge in [0, 0.05) is 43.0 Å². The molecule has 2 aromatic rings. The topological polar surface area (TPSA) is 99.8 Å². The maximum Gasteiger partial charge on any atom is 0.321 e. The van der Waals surface area contributed by atoms with E-state index in [9.17, 15) is 14.4 Å². The number of amides is 4. The summed E-state index contributed by atoms with van der Waals surface area (Å²) in [6.07, 6.45) is 1.17. The van der Waals surface area contributed by atoms with E-state index < -0.39 is 6.04 Å². The largest absolute Gasteiger partial charge is 0.383 e. The number of nitrogens with one attached hydrogen (secondary N) is 3. The minimum atomic E-state index is -0.705. The molecule has 4 amide bonds. The summed E-state index contributed by atoms with van der Waals surface area (Å²) < 4.78 is 5.01. The number of urea groups is 1. The molecule has 1 aliphatic heterocycles. The fourth-order valence-electron chi connectivity index (χ4n) is 3.92. The normalized spacial score (nSPS) is 14.9. The second kappa shape index (κ2) is 12.4. The highest BCUT2D eigenvalue weighted by Gasteiger charge is 2.34. The minimum Gasteiger partial charge on any atom is -0.383 e. The van der Waals surface area contributed by atoms with E-state index in [1.54, 1.807) is 48.4 Å². The van der Waals surface area contributed by atoms with Crippen molar-refractivity contribution in [2.24, 2.45) is 5.92 Å². The summed E-state index contributed by atoms with van der Waals surface area (Å²) in [7, 11) is 1.56. The van der Waals surface area contributed by atoms with Gasteiger partial charge in [-0.05, 0) is 56.0 Å². The number of methoxy groups -OCH3 is 1. The Morgan fingerprint density at radius 2 is 1.82 bits per heavy atom. The molecule has 1 fully saturated rings. The Labute approximate surface area is 205 Å². The third kappa shape index (κ3) is 7.20. The summed E-state index contributed by atoms with van der Waals surface area (Å²) in [6.45, 7) is 3.63. The second-order valence-electron chi connectivity index (χ2n) is 8.37. The average molecular weight is 487 g/mol. The van der Waals surface area contributed by atoms with Gasteiger partial charge in [-0.25, -0.2) is 4.79 Å². The van der Waals surface area contributed by atoms with Crippen molar-refractivity contribution in [2.45, 2.75) is 25.8 Å². The van der Waals surface area contributed by atoms with E-state index in [0.29, 0.717) is 55.4 Å². The van der Waals surface area contributed by atoms with Gasteiger partial charge in [-0.3, -0.25) is 9.59 Å². The fourth-order valence-corrected chi connectivity index (χ4v) is 4.11. The number of ether oxygens (including phenoxy) is 1. The van der Waals surface area contributed by atoms with Crippen LogP contribution >= 0.6 is 11.6 Å². The number of nitrogens with zero attached hydrogens (tertiary/aromatic N) is 1. The molecule has 8 nitrogen and oxygen atoms in total. The van der Waals surface area contributed by atoms with Gasteiger partial charge in [0.1, 0.15) is 6.04 Å². The van der Waals surface area contributed by atoms with Crippen molar-refractivity contribution >= 4 is 35.1 Å². The molecule has 1 saturated heterocycles. The molecule has 9 heteroatoms. The van der Waals surface area contributed by atoms with Gasteiger partial charge in [0.05, 0.1) is 6.61 Å². The Bertz CT molecular complexity index is 991. The van der Waals surface area contributed by atoms with E-state index in [1.807, 2.05) is 19.1 Å². The van der Waals surface area contributed by atoms with Crippen molar-refractivity contribution in [3.05, 3.63) is 64.7 Å². The molecule has 0 aliphatic carbocycles. The van der Waals surface area contributed by atoms with Crippen molar-refractivity contribution in [1.29, 1.82) is 0 Å². The van der Waals surface area contributed by atoms with E-state index in [0.717, 1.165) is 5.56 Å². The van der Waals surface area contributed by atoms with E-state index in [-0.39, 0.29) is 23.8 Å². The highest BCUT2D eigenvalue weighted by molar-refractivity contribution is 6.30. The summed E-state index contributed by atoms with van der Waals surface area (Å²) in [5, 5.41) is 9.14. The molecule has 34 heavy (non-hydrogen) atoms. The average Bonchev–Trinajstić information content (AvgIpc) is 2.83. The van der Waals surface area contributed by atoms with Gasteiger partial charge in [-0.15, -0.1) is 0 Å². The van der Waals surface area contributed by atoms with Gasteiger partial charge in [0.2, 0.25) is 5.91 Å². The SMILES string of the molecule is COCCNC(=O)[C@@H](NC(=O)c1ccc(C)cc1)C1CCN(C(=O)Nc2cccc(Cl)c2)CC1. The first kappa shape index (κ1) is 25.5. The molecule has 1 heterocycles. The zero-order chi connectivity index (χ0) is 24.5. The number of benzene rings is 2. The van der Waals surface area contributed by atoms with Crippen LogP contribution in [0.2, 0.25) is 5.02 Å². The molecule has 2 aromatic carbocycles. The monoisotopic (exact) mass is 486 g/mol. The predicted molar refractivity (Wildman–Crippen MR) is 132 cm³/mol. The quantitative estimate of drug-likeness (QED) is 0.497. The number of aryl methyl sites for hydroxylation is 1. The lowest BCUT2D eigenvalue weighted by atomic mass is 9.88. The molecule has 3 N–H and O–H groups in total. The van der Waals surface area contributed by atoms with Crippen LogP contribution in [-0.4, -0.2) is 62.1 Å². The zero-order valence-corrected chi connectivity index (χ0v) is 20.2. The molecule has 1 aliphatic rings. The summed E-state index contributed by atoms with van der Waals surface area (Å²) in [4.78, 5) is 40.2. The van der Waals surface area contributed by atoms with Gasteiger partial charge in [0.25, 0.3) is 5.91 Å². The van der Waals surface area contributed by atoms with Gasteiger partial charge in [-0.2, -0.15) is 0 Å². The molecule has 182 valence electrons. The molecule has 1 atom stereocenters. The maximum absolute atomic E-state index is 12.9. The number of anilines is 1. The van der Waals surface area contributed by atoms with Crippen LogP contribution in [0, 0.1) is 12.8 Å². The standard InChI is InChI=1S/C25H31ClN4O4/c1-17-6-8-19(9-7-17)23(31)29-22(24(32)27-12-15-34-2)18-10-13-30(14-11-18)25(33)28-21-5-3-4-20(26)16-21/h3-9,16,18,22H,10-15H2,1-2H3,(H,27,32)(H,28,33)(H,29,31)/t22-/m0/s1. The third-order valence-corrected chi connectivity index (χ3v) is 6.10. The Morgan fingerprint density at radius 3 is 2.47 bits per heavy atom. The van der Waals surface area contributed by atoms with Crippen LogP contribution < -0.4 is 16.0 Å². The molecule has 0 saturated carbocycles. The Kier molecular flexibility index (Phi) is 9.30. The zero-order valence-electron chi connectivity index (χ0n) is 19.5. The molecule has 3 rings (SSSR count). The lowest BCUT2D eigenvalue weighted by Crippen LogP contribution is -2.54. The highest BCUT2D eigenvalue weighted by Crippen LogP contribution is 2.23. The Morgan fingerprint density at radius 1 is 1.12 bits per heavy atom. The van der Waals surface area contributed by atoms with Crippen LogP contribution in [0.5, 0.6) is 0 Å². The lowest BCUT2D eigenvalue weighted by Gasteiger charge is -2.35. The summed E-state index contributed by atoms with van der Waals surface area (Å²) in [5.74, 6) is -0.653. The highest BCUT2D eigenvalue weighted by atomic mass is 35.5. The van der Waals surface area contributed by atoms with Crippen molar-refractivity contribution in [3.8, 4) is 0 Å². The van der Waals surface area contributed by atoms with Gasteiger partial charge >= 0.3 is 6.03 Å². The van der Waals surface area contributed by atoms with Crippen molar-refractivity contribution < 1.29 is 19.1 Å².